The highest BCUT2D eigenvalue weighted by molar-refractivity contribution is 5.93. The summed E-state index contributed by atoms with van der Waals surface area (Å²) in [6, 6.07) is -0.673. The maximum atomic E-state index is 12.0. The van der Waals surface area contributed by atoms with Crippen molar-refractivity contribution in [2.24, 2.45) is 0 Å². The average molecular weight is 281 g/mol. The van der Waals surface area contributed by atoms with Crippen molar-refractivity contribution in [1.82, 2.24) is 15.1 Å². The van der Waals surface area contributed by atoms with Crippen LogP contribution in [0.25, 0.3) is 0 Å². The molecule has 0 saturated carbocycles. The van der Waals surface area contributed by atoms with Crippen LogP contribution in [0.15, 0.2) is 12.4 Å². The summed E-state index contributed by atoms with van der Waals surface area (Å²) in [7, 11) is 0. The first-order valence-electron chi connectivity index (χ1n) is 7.03. The normalized spacial score (nSPS) is 13.8. The van der Waals surface area contributed by atoms with E-state index in [1.54, 1.807) is 0 Å². The molecule has 6 nitrogen and oxygen atoms in total. The summed E-state index contributed by atoms with van der Waals surface area (Å²) in [5.41, 5.74) is 0.389. The molecule has 0 fully saturated rings. The standard InChI is InChI=1S/C14H23N3O3/c1-4-5-6-7-10(2)16-13(18)12-8-15-17(9-12)11(3)14(19)20/h8-11H,4-7H2,1-3H3,(H,16,18)(H,19,20). The smallest absolute Gasteiger partial charge is 0.328 e. The number of carboxylic acids is 1. The van der Waals surface area contributed by atoms with Crippen LogP contribution in [0.2, 0.25) is 0 Å². The topological polar surface area (TPSA) is 84.2 Å². The summed E-state index contributed by atoms with van der Waals surface area (Å²) < 4.78 is 1.28. The minimum Gasteiger partial charge on any atom is -0.480 e. The third kappa shape index (κ3) is 4.68. The number of carbonyl (C=O) groups excluding carboxylic acids is 1. The highest BCUT2D eigenvalue weighted by atomic mass is 16.4. The van der Waals surface area contributed by atoms with Gasteiger partial charge in [-0.25, -0.2) is 4.79 Å². The van der Waals surface area contributed by atoms with Crippen molar-refractivity contribution in [3.8, 4) is 0 Å². The second kappa shape index (κ2) is 7.67. The van der Waals surface area contributed by atoms with E-state index in [1.807, 2.05) is 6.92 Å². The summed E-state index contributed by atoms with van der Waals surface area (Å²) in [6.45, 7) is 5.63. The Labute approximate surface area is 119 Å². The van der Waals surface area contributed by atoms with Crippen LogP contribution in [0.3, 0.4) is 0 Å². The van der Waals surface area contributed by atoms with Crippen LogP contribution in [0.5, 0.6) is 0 Å². The lowest BCUT2D eigenvalue weighted by molar-refractivity contribution is -0.140. The van der Waals surface area contributed by atoms with Crippen LogP contribution in [0.4, 0.5) is 0 Å². The average Bonchev–Trinajstić information content (AvgIpc) is 2.87. The first kappa shape index (κ1) is 16.2. The molecule has 2 N–H and O–H groups in total. The van der Waals surface area contributed by atoms with Crippen molar-refractivity contribution in [2.75, 3.05) is 0 Å². The molecule has 0 saturated heterocycles. The Balaban J connectivity index is 2.53. The number of aromatic nitrogens is 2. The van der Waals surface area contributed by atoms with Crippen LogP contribution < -0.4 is 5.32 Å². The zero-order chi connectivity index (χ0) is 15.1. The molecule has 2 unspecified atom stereocenters. The molecule has 0 aliphatic rings. The van der Waals surface area contributed by atoms with Crippen LogP contribution >= 0.6 is 0 Å². The Bertz CT molecular complexity index is 456. The van der Waals surface area contributed by atoms with Gasteiger partial charge in [-0.05, 0) is 20.3 Å². The van der Waals surface area contributed by atoms with Crippen molar-refractivity contribution in [3.63, 3.8) is 0 Å². The Kier molecular flexibility index (Phi) is 6.21. The Morgan fingerprint density at radius 1 is 1.40 bits per heavy atom. The van der Waals surface area contributed by atoms with Gasteiger partial charge in [-0.1, -0.05) is 26.2 Å². The van der Waals surface area contributed by atoms with Crippen LogP contribution in [-0.2, 0) is 4.79 Å². The number of unbranched alkanes of at least 4 members (excludes halogenated alkanes) is 2. The summed E-state index contributed by atoms with van der Waals surface area (Å²) in [4.78, 5) is 22.8. The zero-order valence-corrected chi connectivity index (χ0v) is 12.3. The zero-order valence-electron chi connectivity index (χ0n) is 12.3. The lowest BCUT2D eigenvalue weighted by Crippen LogP contribution is -2.32. The summed E-state index contributed by atoms with van der Waals surface area (Å²) >= 11 is 0. The maximum absolute atomic E-state index is 12.0. The fourth-order valence-electron chi connectivity index (χ4n) is 1.86. The fraction of sp³-hybridized carbons (Fsp3) is 0.643. The number of carboxylic acid groups (broad SMARTS) is 1. The molecule has 1 aromatic rings. The minimum atomic E-state index is -0.979. The number of aliphatic carboxylic acids is 1. The molecule has 0 aliphatic heterocycles. The third-order valence-electron chi connectivity index (χ3n) is 3.24. The maximum Gasteiger partial charge on any atom is 0.328 e. The third-order valence-corrected chi connectivity index (χ3v) is 3.24. The minimum absolute atomic E-state index is 0.106. The highest BCUT2D eigenvalue weighted by Crippen LogP contribution is 2.08. The van der Waals surface area contributed by atoms with Gasteiger partial charge < -0.3 is 10.4 Å². The first-order chi connectivity index (χ1) is 9.45. The predicted molar refractivity (Wildman–Crippen MR) is 75.6 cm³/mol. The molecule has 1 aromatic heterocycles. The van der Waals surface area contributed by atoms with Gasteiger partial charge in [0.15, 0.2) is 0 Å². The Morgan fingerprint density at radius 3 is 2.70 bits per heavy atom. The van der Waals surface area contributed by atoms with E-state index in [4.69, 9.17) is 5.11 Å². The molecule has 0 aliphatic carbocycles. The molecular formula is C14H23N3O3. The molecule has 0 bridgehead atoms. The monoisotopic (exact) mass is 281 g/mol. The fourth-order valence-corrected chi connectivity index (χ4v) is 1.86. The number of nitrogens with zero attached hydrogens (tertiary/aromatic N) is 2. The SMILES string of the molecule is CCCCCC(C)NC(=O)c1cnn(C(C)C(=O)O)c1. The molecule has 1 rings (SSSR count). The molecule has 20 heavy (non-hydrogen) atoms. The molecular weight excluding hydrogens is 258 g/mol. The van der Waals surface area contributed by atoms with E-state index in [0.717, 1.165) is 25.7 Å². The highest BCUT2D eigenvalue weighted by Gasteiger charge is 2.17. The summed E-state index contributed by atoms with van der Waals surface area (Å²) in [5.74, 6) is -1.19. The van der Waals surface area contributed by atoms with Gasteiger partial charge in [-0.3, -0.25) is 9.48 Å². The number of carbonyl (C=O) groups is 2. The van der Waals surface area contributed by atoms with Gasteiger partial charge in [0, 0.05) is 12.2 Å². The Hall–Kier alpha value is -1.85. The lowest BCUT2D eigenvalue weighted by atomic mass is 10.1. The van der Waals surface area contributed by atoms with Gasteiger partial charge in [-0.2, -0.15) is 5.10 Å². The molecule has 6 heteroatoms. The van der Waals surface area contributed by atoms with E-state index in [1.165, 1.54) is 24.0 Å². The molecule has 1 heterocycles. The van der Waals surface area contributed by atoms with Crippen LogP contribution in [-0.4, -0.2) is 32.8 Å². The molecule has 0 aromatic carbocycles. The number of nitrogens with one attached hydrogen (secondary N) is 1. The predicted octanol–water partition coefficient (Wildman–Crippen LogP) is 2.23. The van der Waals surface area contributed by atoms with Gasteiger partial charge in [-0.15, -0.1) is 0 Å². The second-order valence-electron chi connectivity index (χ2n) is 5.09. The van der Waals surface area contributed by atoms with Crippen molar-refractivity contribution >= 4 is 11.9 Å². The number of hydrogen-bond acceptors (Lipinski definition) is 3. The van der Waals surface area contributed by atoms with Crippen molar-refractivity contribution in [1.29, 1.82) is 0 Å². The van der Waals surface area contributed by atoms with Crippen molar-refractivity contribution < 1.29 is 14.7 Å². The molecule has 0 radical (unpaired) electrons. The van der Waals surface area contributed by atoms with E-state index in [-0.39, 0.29) is 11.9 Å². The molecule has 2 atom stereocenters. The van der Waals surface area contributed by atoms with Gasteiger partial charge >= 0.3 is 5.97 Å². The summed E-state index contributed by atoms with van der Waals surface area (Å²) in [5, 5.41) is 15.7. The van der Waals surface area contributed by atoms with Gasteiger partial charge in [0.25, 0.3) is 5.91 Å². The summed E-state index contributed by atoms with van der Waals surface area (Å²) in [6.07, 6.45) is 7.21. The van der Waals surface area contributed by atoms with Crippen molar-refractivity contribution in [2.45, 2.75) is 58.5 Å². The van der Waals surface area contributed by atoms with E-state index < -0.39 is 12.0 Å². The van der Waals surface area contributed by atoms with Gasteiger partial charge in [0.05, 0.1) is 11.8 Å². The molecule has 1 amide bonds. The van der Waals surface area contributed by atoms with E-state index >= 15 is 0 Å². The van der Waals surface area contributed by atoms with E-state index in [0.29, 0.717) is 5.56 Å². The quantitative estimate of drug-likeness (QED) is 0.716. The van der Waals surface area contributed by atoms with Gasteiger partial charge in [0.2, 0.25) is 0 Å². The van der Waals surface area contributed by atoms with Crippen LogP contribution in [0.1, 0.15) is 62.9 Å². The second-order valence-corrected chi connectivity index (χ2v) is 5.09. The number of rotatable bonds is 8. The van der Waals surface area contributed by atoms with E-state index in [2.05, 4.69) is 17.3 Å². The number of hydrogen-bond donors (Lipinski definition) is 2. The number of amides is 1. The Morgan fingerprint density at radius 2 is 2.10 bits per heavy atom. The lowest BCUT2D eigenvalue weighted by Gasteiger charge is -2.12. The largest absolute Gasteiger partial charge is 0.480 e. The van der Waals surface area contributed by atoms with Crippen molar-refractivity contribution in [3.05, 3.63) is 18.0 Å². The first-order valence-corrected chi connectivity index (χ1v) is 7.03. The molecule has 112 valence electrons. The van der Waals surface area contributed by atoms with E-state index in [9.17, 15) is 9.59 Å². The van der Waals surface area contributed by atoms with Crippen LogP contribution in [0, 0.1) is 0 Å². The molecule has 0 spiro atoms. The van der Waals surface area contributed by atoms with Gasteiger partial charge in [0.1, 0.15) is 6.04 Å².